The van der Waals surface area contributed by atoms with E-state index in [0.717, 1.165) is 0 Å². The molecule has 1 N–H and O–H groups in total. The molecule has 0 aromatic heterocycles. The summed E-state index contributed by atoms with van der Waals surface area (Å²) in [6.45, 7) is 3.06. The van der Waals surface area contributed by atoms with Crippen LogP contribution in [-0.2, 0) is 14.4 Å². The molecule has 1 amide bonds. The largest absolute Gasteiger partial charge is 0.550 e. The lowest BCUT2D eigenvalue weighted by Crippen LogP contribution is -2.32. The summed E-state index contributed by atoms with van der Waals surface area (Å²) in [6.07, 6.45) is -0.388. The van der Waals surface area contributed by atoms with Crippen LogP contribution >= 0.6 is 0 Å². The molecule has 1 rings (SSSR count). The number of ketones is 1. The van der Waals surface area contributed by atoms with Gasteiger partial charge in [0, 0.05) is 17.9 Å². The minimum atomic E-state index is -1.30. The standard InChI is InChI=1S/C9H13NO4/c1-4-8(5(2)11)6(3-7(12)13)9(14)10-4/h4,6,8H,3H2,1-2H3,(H,10,14)(H,12,13)/p-1/t4-,6+,8-/m1/s1. The van der Waals surface area contributed by atoms with E-state index in [-0.39, 0.29) is 24.2 Å². The summed E-state index contributed by atoms with van der Waals surface area (Å²) in [5, 5.41) is 12.9. The Kier molecular flexibility index (Phi) is 2.88. The number of amides is 1. The van der Waals surface area contributed by atoms with Gasteiger partial charge in [0.25, 0.3) is 0 Å². The molecule has 0 aromatic carbocycles. The fourth-order valence-electron chi connectivity index (χ4n) is 1.97. The number of Topliss-reactive ketones (excluding diaryl/α,β-unsaturated/α-hetero) is 1. The van der Waals surface area contributed by atoms with Gasteiger partial charge in [-0.25, -0.2) is 0 Å². The van der Waals surface area contributed by atoms with Gasteiger partial charge in [0.2, 0.25) is 5.91 Å². The van der Waals surface area contributed by atoms with Crippen LogP contribution in [0.5, 0.6) is 0 Å². The van der Waals surface area contributed by atoms with Gasteiger partial charge in [-0.1, -0.05) is 0 Å². The number of nitrogens with one attached hydrogen (secondary N) is 1. The van der Waals surface area contributed by atoms with E-state index >= 15 is 0 Å². The average molecular weight is 198 g/mol. The van der Waals surface area contributed by atoms with Crippen molar-refractivity contribution in [2.75, 3.05) is 0 Å². The Bertz CT molecular complexity index is 287. The van der Waals surface area contributed by atoms with Crippen molar-refractivity contribution in [2.24, 2.45) is 11.8 Å². The van der Waals surface area contributed by atoms with Crippen molar-refractivity contribution in [2.45, 2.75) is 26.3 Å². The van der Waals surface area contributed by atoms with E-state index in [1.165, 1.54) is 6.92 Å². The van der Waals surface area contributed by atoms with Crippen LogP contribution in [0.3, 0.4) is 0 Å². The van der Waals surface area contributed by atoms with Crippen LogP contribution in [-0.4, -0.2) is 23.7 Å². The van der Waals surface area contributed by atoms with Gasteiger partial charge < -0.3 is 15.2 Å². The van der Waals surface area contributed by atoms with Gasteiger partial charge in [-0.3, -0.25) is 9.59 Å². The predicted molar refractivity (Wildman–Crippen MR) is 44.9 cm³/mol. The molecule has 1 aliphatic rings. The Morgan fingerprint density at radius 2 is 2.07 bits per heavy atom. The van der Waals surface area contributed by atoms with E-state index in [1.54, 1.807) is 6.92 Å². The number of carbonyl (C=O) groups is 3. The summed E-state index contributed by atoms with van der Waals surface area (Å²) in [5.74, 6) is -3.15. The summed E-state index contributed by atoms with van der Waals surface area (Å²) in [5.41, 5.74) is 0. The summed E-state index contributed by atoms with van der Waals surface area (Å²) in [7, 11) is 0. The molecule has 5 nitrogen and oxygen atoms in total. The zero-order chi connectivity index (χ0) is 10.9. The molecule has 14 heavy (non-hydrogen) atoms. The molecule has 0 aliphatic carbocycles. The third-order valence-corrected chi connectivity index (χ3v) is 2.53. The summed E-state index contributed by atoms with van der Waals surface area (Å²) >= 11 is 0. The van der Waals surface area contributed by atoms with Crippen molar-refractivity contribution in [1.29, 1.82) is 0 Å². The first kappa shape index (κ1) is 10.7. The van der Waals surface area contributed by atoms with E-state index in [9.17, 15) is 19.5 Å². The number of carboxylic acid groups (broad SMARTS) is 1. The maximum absolute atomic E-state index is 11.3. The van der Waals surface area contributed by atoms with Crippen molar-refractivity contribution < 1.29 is 19.5 Å². The number of carboxylic acids is 1. The van der Waals surface area contributed by atoms with Crippen LogP contribution in [0.2, 0.25) is 0 Å². The van der Waals surface area contributed by atoms with E-state index in [0.29, 0.717) is 0 Å². The molecule has 1 heterocycles. The molecule has 0 radical (unpaired) electrons. The van der Waals surface area contributed by atoms with E-state index < -0.39 is 17.8 Å². The van der Waals surface area contributed by atoms with Gasteiger partial charge in [-0.05, 0) is 20.3 Å². The topological polar surface area (TPSA) is 86.3 Å². The first-order valence-electron chi connectivity index (χ1n) is 4.44. The number of rotatable bonds is 3. The van der Waals surface area contributed by atoms with Crippen LogP contribution in [0.1, 0.15) is 20.3 Å². The molecule has 1 saturated heterocycles. The smallest absolute Gasteiger partial charge is 0.224 e. The van der Waals surface area contributed by atoms with Gasteiger partial charge in [0.1, 0.15) is 5.78 Å². The van der Waals surface area contributed by atoms with Crippen molar-refractivity contribution in [3.05, 3.63) is 0 Å². The van der Waals surface area contributed by atoms with E-state index in [1.807, 2.05) is 0 Å². The molecule has 0 unspecified atom stereocenters. The van der Waals surface area contributed by atoms with Crippen molar-refractivity contribution in [3.8, 4) is 0 Å². The van der Waals surface area contributed by atoms with Crippen LogP contribution < -0.4 is 10.4 Å². The number of aliphatic carboxylic acids is 1. The highest BCUT2D eigenvalue weighted by atomic mass is 16.4. The minimum absolute atomic E-state index is 0.165. The normalized spacial score (nSPS) is 31.3. The molecule has 0 spiro atoms. The first-order chi connectivity index (χ1) is 6.43. The molecular formula is C9H12NO4-. The van der Waals surface area contributed by atoms with Crippen LogP contribution in [0.4, 0.5) is 0 Å². The van der Waals surface area contributed by atoms with Crippen molar-refractivity contribution in [1.82, 2.24) is 5.32 Å². The summed E-state index contributed by atoms with van der Waals surface area (Å²) in [6, 6.07) is -0.288. The molecule has 1 aliphatic heterocycles. The van der Waals surface area contributed by atoms with Crippen molar-refractivity contribution in [3.63, 3.8) is 0 Å². The van der Waals surface area contributed by atoms with Gasteiger partial charge in [-0.2, -0.15) is 0 Å². The Hall–Kier alpha value is -1.39. The van der Waals surface area contributed by atoms with Crippen LogP contribution in [0.25, 0.3) is 0 Å². The average Bonchev–Trinajstić information content (AvgIpc) is 2.25. The third-order valence-electron chi connectivity index (χ3n) is 2.53. The quantitative estimate of drug-likeness (QED) is 0.595. The number of hydrogen-bond donors (Lipinski definition) is 1. The zero-order valence-electron chi connectivity index (χ0n) is 8.07. The van der Waals surface area contributed by atoms with Crippen molar-refractivity contribution >= 4 is 17.7 Å². The lowest BCUT2D eigenvalue weighted by Gasteiger charge is -2.16. The molecule has 78 valence electrons. The number of carbonyl (C=O) groups excluding carboxylic acids is 3. The van der Waals surface area contributed by atoms with Crippen LogP contribution in [0.15, 0.2) is 0 Å². The summed E-state index contributed by atoms with van der Waals surface area (Å²) < 4.78 is 0. The third kappa shape index (κ3) is 1.92. The summed E-state index contributed by atoms with van der Waals surface area (Å²) in [4.78, 5) is 32.8. The minimum Gasteiger partial charge on any atom is -0.550 e. The molecule has 5 heteroatoms. The maximum atomic E-state index is 11.3. The SMILES string of the molecule is CC(=O)[C@@H]1[C@H](CC(=O)[O-])C(=O)N[C@@H]1C. The Morgan fingerprint density at radius 1 is 1.50 bits per heavy atom. The highest BCUT2D eigenvalue weighted by Crippen LogP contribution is 2.26. The van der Waals surface area contributed by atoms with E-state index in [4.69, 9.17) is 0 Å². The molecule has 0 aromatic rings. The monoisotopic (exact) mass is 198 g/mol. The fraction of sp³-hybridized carbons (Fsp3) is 0.667. The lowest BCUT2D eigenvalue weighted by molar-refractivity contribution is -0.306. The fourth-order valence-corrected chi connectivity index (χ4v) is 1.97. The Balaban J connectivity index is 2.83. The Morgan fingerprint density at radius 3 is 2.50 bits per heavy atom. The second kappa shape index (κ2) is 3.77. The van der Waals surface area contributed by atoms with Gasteiger partial charge in [-0.15, -0.1) is 0 Å². The molecule has 1 fully saturated rings. The van der Waals surface area contributed by atoms with Gasteiger partial charge in [0.15, 0.2) is 0 Å². The van der Waals surface area contributed by atoms with Gasteiger partial charge >= 0.3 is 0 Å². The highest BCUT2D eigenvalue weighted by Gasteiger charge is 2.42. The first-order valence-corrected chi connectivity index (χ1v) is 4.44. The lowest BCUT2D eigenvalue weighted by atomic mass is 9.85. The molecular weight excluding hydrogens is 186 g/mol. The zero-order valence-corrected chi connectivity index (χ0v) is 8.07. The van der Waals surface area contributed by atoms with Gasteiger partial charge in [0.05, 0.1) is 5.92 Å². The number of hydrogen-bond acceptors (Lipinski definition) is 4. The molecule has 0 bridgehead atoms. The van der Waals surface area contributed by atoms with Crippen LogP contribution in [0, 0.1) is 11.8 Å². The van der Waals surface area contributed by atoms with E-state index in [2.05, 4.69) is 5.32 Å². The Labute approximate surface area is 81.5 Å². The molecule has 3 atom stereocenters. The highest BCUT2D eigenvalue weighted by molar-refractivity contribution is 5.93. The second-order valence-corrected chi connectivity index (χ2v) is 3.62. The second-order valence-electron chi connectivity index (χ2n) is 3.62. The predicted octanol–water partition coefficient (Wildman–Crippen LogP) is -1.53. The maximum Gasteiger partial charge on any atom is 0.224 e. The molecule has 0 saturated carbocycles.